The highest BCUT2D eigenvalue weighted by Crippen LogP contribution is 2.29. The lowest BCUT2D eigenvalue weighted by molar-refractivity contribution is 0.444. The van der Waals surface area contributed by atoms with E-state index in [-0.39, 0.29) is 6.04 Å². The molecule has 2 fully saturated rings. The number of nitrogens with one attached hydrogen (secondary N) is 2. The maximum Gasteiger partial charge on any atom is 0.232 e. The summed E-state index contributed by atoms with van der Waals surface area (Å²) < 4.78 is 0. The van der Waals surface area contributed by atoms with Crippen LogP contribution in [-0.4, -0.2) is 46.8 Å². The second-order valence-corrected chi connectivity index (χ2v) is 8.80. The van der Waals surface area contributed by atoms with Crippen molar-refractivity contribution in [1.29, 1.82) is 0 Å². The summed E-state index contributed by atoms with van der Waals surface area (Å²) in [5.74, 6) is 3.32. The zero-order valence-electron chi connectivity index (χ0n) is 17.2. The molecule has 0 spiro atoms. The molecule has 2 aliphatic rings. The van der Waals surface area contributed by atoms with Crippen LogP contribution >= 0.6 is 12.2 Å². The van der Waals surface area contributed by atoms with Crippen LogP contribution in [0.2, 0.25) is 0 Å². The molecular weight excluding hydrogens is 356 g/mol. The summed E-state index contributed by atoms with van der Waals surface area (Å²) in [6, 6.07) is 2.96. The van der Waals surface area contributed by atoms with Gasteiger partial charge in [0.05, 0.1) is 0 Å². The Hall–Kier alpha value is -1.63. The van der Waals surface area contributed by atoms with Gasteiger partial charge in [0, 0.05) is 37.8 Å². The summed E-state index contributed by atoms with van der Waals surface area (Å²) in [5.41, 5.74) is 0. The van der Waals surface area contributed by atoms with Crippen molar-refractivity contribution in [3.8, 4) is 0 Å². The predicted octanol–water partition coefficient (Wildman–Crippen LogP) is 3.79. The number of aromatic nitrogens is 2. The Morgan fingerprint density at radius 3 is 2.59 bits per heavy atom. The molecule has 6 nitrogen and oxygen atoms in total. The largest absolute Gasteiger partial charge is 0.360 e. The Morgan fingerprint density at radius 1 is 1.11 bits per heavy atom. The van der Waals surface area contributed by atoms with Crippen molar-refractivity contribution in [3.63, 3.8) is 0 Å². The highest BCUT2D eigenvalue weighted by atomic mass is 32.1. The van der Waals surface area contributed by atoms with Crippen LogP contribution < -0.4 is 20.4 Å². The fourth-order valence-corrected chi connectivity index (χ4v) is 4.35. The van der Waals surface area contributed by atoms with Gasteiger partial charge in [0.25, 0.3) is 0 Å². The van der Waals surface area contributed by atoms with E-state index in [1.165, 1.54) is 32.1 Å². The molecule has 3 heterocycles. The summed E-state index contributed by atoms with van der Waals surface area (Å²) >= 11 is 5.42. The van der Waals surface area contributed by atoms with Gasteiger partial charge >= 0.3 is 0 Å². The molecule has 0 amide bonds. The third-order valence-electron chi connectivity index (χ3n) is 5.42. The first-order chi connectivity index (χ1) is 12.9. The normalized spacial score (nSPS) is 23.4. The average molecular weight is 391 g/mol. The van der Waals surface area contributed by atoms with Crippen LogP contribution in [0.25, 0.3) is 0 Å². The first-order valence-electron chi connectivity index (χ1n) is 10.4. The van der Waals surface area contributed by atoms with E-state index in [0.29, 0.717) is 23.0 Å². The number of rotatable bonds is 4. The van der Waals surface area contributed by atoms with Gasteiger partial charge < -0.3 is 20.4 Å². The van der Waals surface area contributed by atoms with Crippen molar-refractivity contribution in [2.45, 2.75) is 71.9 Å². The molecule has 27 heavy (non-hydrogen) atoms. The molecule has 1 aromatic heterocycles. The van der Waals surface area contributed by atoms with Crippen LogP contribution in [0.4, 0.5) is 17.6 Å². The summed E-state index contributed by atoms with van der Waals surface area (Å²) in [6.07, 6.45) is 6.26. The number of thiocarbonyl (C=S) groups is 1. The van der Waals surface area contributed by atoms with E-state index in [4.69, 9.17) is 22.2 Å². The summed E-state index contributed by atoms with van der Waals surface area (Å²) in [7, 11) is 0. The number of nitrogens with zero attached hydrogens (tertiary/aromatic N) is 4. The molecule has 0 bridgehead atoms. The van der Waals surface area contributed by atoms with Crippen molar-refractivity contribution in [2.24, 2.45) is 5.92 Å². The maximum atomic E-state index is 5.42. The molecule has 0 aliphatic carbocycles. The quantitative estimate of drug-likeness (QED) is 0.759. The lowest BCUT2D eigenvalue weighted by atomic mass is 10.0. The molecule has 0 radical (unpaired) electrons. The number of hydrogen-bond donors (Lipinski definition) is 2. The Kier molecular flexibility index (Phi) is 6.73. The monoisotopic (exact) mass is 390 g/mol. The molecule has 7 heteroatoms. The van der Waals surface area contributed by atoms with Crippen LogP contribution in [0.15, 0.2) is 6.07 Å². The van der Waals surface area contributed by atoms with Gasteiger partial charge in [-0.1, -0.05) is 6.92 Å². The minimum absolute atomic E-state index is 0.276. The minimum atomic E-state index is 0.276. The predicted molar refractivity (Wildman–Crippen MR) is 118 cm³/mol. The van der Waals surface area contributed by atoms with E-state index in [1.54, 1.807) is 0 Å². The van der Waals surface area contributed by atoms with E-state index in [0.717, 1.165) is 31.3 Å². The van der Waals surface area contributed by atoms with E-state index < -0.39 is 0 Å². The third kappa shape index (κ3) is 5.43. The molecule has 3 rings (SSSR count). The molecule has 0 unspecified atom stereocenters. The van der Waals surface area contributed by atoms with Gasteiger partial charge in [0.1, 0.15) is 11.6 Å². The van der Waals surface area contributed by atoms with Crippen molar-refractivity contribution in [2.75, 3.05) is 34.8 Å². The molecule has 2 saturated heterocycles. The summed E-state index contributed by atoms with van der Waals surface area (Å²) in [4.78, 5) is 14.4. The average Bonchev–Trinajstić information content (AvgIpc) is 2.61. The molecule has 2 aliphatic heterocycles. The van der Waals surface area contributed by atoms with Crippen molar-refractivity contribution < 1.29 is 0 Å². The van der Waals surface area contributed by atoms with Gasteiger partial charge in [-0.3, -0.25) is 0 Å². The van der Waals surface area contributed by atoms with E-state index in [2.05, 4.69) is 54.2 Å². The van der Waals surface area contributed by atoms with Gasteiger partial charge in [-0.2, -0.15) is 9.97 Å². The van der Waals surface area contributed by atoms with Crippen molar-refractivity contribution in [3.05, 3.63) is 6.07 Å². The molecular formula is C20H34N6S. The molecule has 2 atom stereocenters. The molecule has 1 aromatic rings. The van der Waals surface area contributed by atoms with E-state index >= 15 is 0 Å². The maximum absolute atomic E-state index is 5.42. The fourth-order valence-electron chi connectivity index (χ4n) is 4.02. The van der Waals surface area contributed by atoms with Gasteiger partial charge in [-0.05, 0) is 71.0 Å². The Labute approximate surface area is 169 Å². The number of piperidine rings is 2. The topological polar surface area (TPSA) is 56.3 Å². The third-order valence-corrected chi connectivity index (χ3v) is 5.64. The van der Waals surface area contributed by atoms with Crippen molar-refractivity contribution >= 4 is 34.9 Å². The first kappa shape index (κ1) is 20.1. The lowest BCUT2D eigenvalue weighted by Crippen LogP contribution is -2.39. The minimum Gasteiger partial charge on any atom is -0.360 e. The van der Waals surface area contributed by atoms with Gasteiger partial charge in [0.2, 0.25) is 5.95 Å². The molecule has 2 N–H and O–H groups in total. The Bertz CT molecular complexity index is 649. The highest BCUT2D eigenvalue weighted by molar-refractivity contribution is 7.80. The van der Waals surface area contributed by atoms with E-state index in [1.807, 2.05) is 0 Å². The Balaban J connectivity index is 1.88. The smallest absolute Gasteiger partial charge is 0.232 e. The van der Waals surface area contributed by atoms with Crippen LogP contribution in [-0.2, 0) is 0 Å². The SMILES string of the molecule is CC(C)NC(=S)Nc1nc(N2CCC[C@H](C)C2)cc(N2CCCC[C@H]2C)n1. The van der Waals surface area contributed by atoms with Gasteiger partial charge in [-0.15, -0.1) is 0 Å². The second-order valence-electron chi connectivity index (χ2n) is 8.39. The fraction of sp³-hybridized carbons (Fsp3) is 0.750. The van der Waals surface area contributed by atoms with E-state index in [9.17, 15) is 0 Å². The first-order valence-corrected chi connectivity index (χ1v) is 10.8. The Morgan fingerprint density at radius 2 is 1.89 bits per heavy atom. The van der Waals surface area contributed by atoms with Crippen LogP contribution in [0.3, 0.4) is 0 Å². The highest BCUT2D eigenvalue weighted by Gasteiger charge is 2.24. The standard InChI is InChI=1S/C20H34N6S/c1-14(2)21-20(27)24-19-22-17(25-10-7-8-15(3)13-25)12-18(23-19)26-11-6-5-9-16(26)4/h12,14-16H,5-11,13H2,1-4H3,(H2,21,22,23,24,27)/t15-,16+/m0/s1. The van der Waals surface area contributed by atoms with Crippen LogP contribution in [0.5, 0.6) is 0 Å². The lowest BCUT2D eigenvalue weighted by Gasteiger charge is -2.36. The summed E-state index contributed by atoms with van der Waals surface area (Å²) in [5, 5.41) is 7.00. The number of anilines is 3. The molecule has 150 valence electrons. The molecule has 0 aromatic carbocycles. The van der Waals surface area contributed by atoms with Gasteiger partial charge in [0.15, 0.2) is 5.11 Å². The van der Waals surface area contributed by atoms with Gasteiger partial charge in [-0.25, -0.2) is 0 Å². The second kappa shape index (κ2) is 9.04. The van der Waals surface area contributed by atoms with Crippen LogP contribution in [0.1, 0.15) is 59.8 Å². The number of hydrogen-bond acceptors (Lipinski definition) is 5. The summed E-state index contributed by atoms with van der Waals surface area (Å²) in [6.45, 7) is 11.9. The zero-order valence-corrected chi connectivity index (χ0v) is 18.0. The molecule has 0 saturated carbocycles. The van der Waals surface area contributed by atoms with Crippen molar-refractivity contribution in [1.82, 2.24) is 15.3 Å². The van der Waals surface area contributed by atoms with Crippen LogP contribution in [0, 0.1) is 5.92 Å². The zero-order chi connectivity index (χ0) is 19.4.